The fourth-order valence-electron chi connectivity index (χ4n) is 2.19. The van der Waals surface area contributed by atoms with Crippen LogP contribution in [0.25, 0.3) is 0 Å². The van der Waals surface area contributed by atoms with Gasteiger partial charge in [0.05, 0.1) is 22.1 Å². The van der Waals surface area contributed by atoms with Gasteiger partial charge in [-0.2, -0.15) is 5.10 Å². The molecule has 2 aromatic heterocycles. The van der Waals surface area contributed by atoms with Crippen LogP contribution in [0.1, 0.15) is 11.4 Å². The zero-order valence-electron chi connectivity index (χ0n) is 13.5. The van der Waals surface area contributed by atoms with Crippen molar-refractivity contribution in [3.63, 3.8) is 0 Å². The van der Waals surface area contributed by atoms with Crippen molar-refractivity contribution >= 4 is 29.0 Å². The van der Waals surface area contributed by atoms with E-state index in [-0.39, 0.29) is 12.5 Å². The first-order valence-corrected chi connectivity index (χ1v) is 7.29. The number of carbonyl (C=O) groups is 1. The van der Waals surface area contributed by atoms with Gasteiger partial charge in [-0.25, -0.2) is 4.98 Å². The molecule has 0 N–H and O–H groups in total. The van der Waals surface area contributed by atoms with Crippen LogP contribution >= 0.6 is 11.6 Å². The van der Waals surface area contributed by atoms with Gasteiger partial charge in [-0.15, -0.1) is 0 Å². The summed E-state index contributed by atoms with van der Waals surface area (Å²) in [7, 11) is 5.52. The molecule has 6 nitrogen and oxygen atoms in total. The molecule has 0 unspecified atom stereocenters. The first-order chi connectivity index (χ1) is 10.3. The largest absolute Gasteiger partial charge is 0.361 e. The van der Waals surface area contributed by atoms with Crippen molar-refractivity contribution in [1.29, 1.82) is 0 Å². The van der Waals surface area contributed by atoms with Crippen molar-refractivity contribution in [3.8, 4) is 0 Å². The van der Waals surface area contributed by atoms with Crippen molar-refractivity contribution in [2.45, 2.75) is 20.4 Å². The maximum absolute atomic E-state index is 12.5. The summed E-state index contributed by atoms with van der Waals surface area (Å²) in [6.45, 7) is 3.81. The van der Waals surface area contributed by atoms with E-state index >= 15 is 0 Å². The molecule has 0 fully saturated rings. The summed E-state index contributed by atoms with van der Waals surface area (Å²) in [6, 6.07) is 3.68. The molecule has 0 bridgehead atoms. The van der Waals surface area contributed by atoms with Gasteiger partial charge in [-0.05, 0) is 26.0 Å². The van der Waals surface area contributed by atoms with Crippen molar-refractivity contribution in [2.24, 2.45) is 0 Å². The molecule has 0 aliphatic heterocycles. The molecule has 2 rings (SSSR count). The molecule has 2 heterocycles. The van der Waals surface area contributed by atoms with Gasteiger partial charge in [0.15, 0.2) is 5.82 Å². The number of carbonyl (C=O) groups excluding carboxylic acids is 1. The SMILES string of the molecule is Cc1nn(CC(=O)N(C)c2cccnc2N(C)C)c(C)c1Cl. The summed E-state index contributed by atoms with van der Waals surface area (Å²) in [5, 5.41) is 4.90. The van der Waals surface area contributed by atoms with Crippen molar-refractivity contribution in [1.82, 2.24) is 14.8 Å². The summed E-state index contributed by atoms with van der Waals surface area (Å²) in [5.41, 5.74) is 2.27. The second-order valence-electron chi connectivity index (χ2n) is 5.34. The maximum Gasteiger partial charge on any atom is 0.248 e. The first-order valence-electron chi connectivity index (χ1n) is 6.91. The highest BCUT2D eigenvalue weighted by molar-refractivity contribution is 6.31. The van der Waals surface area contributed by atoms with Gasteiger partial charge in [-0.1, -0.05) is 11.6 Å². The highest BCUT2D eigenvalue weighted by Gasteiger charge is 2.19. The number of aromatic nitrogens is 3. The van der Waals surface area contributed by atoms with E-state index in [4.69, 9.17) is 11.6 Å². The predicted molar refractivity (Wildman–Crippen MR) is 88.7 cm³/mol. The molecule has 22 heavy (non-hydrogen) atoms. The first kappa shape index (κ1) is 16.3. The zero-order chi connectivity index (χ0) is 16.4. The maximum atomic E-state index is 12.5. The van der Waals surface area contributed by atoms with E-state index in [0.29, 0.717) is 5.02 Å². The lowest BCUT2D eigenvalue weighted by atomic mass is 10.3. The number of halogens is 1. The molecule has 1 amide bonds. The van der Waals surface area contributed by atoms with E-state index in [1.807, 2.05) is 45.0 Å². The molecule has 0 saturated heterocycles. The topological polar surface area (TPSA) is 54.3 Å². The minimum atomic E-state index is -0.0848. The number of aryl methyl sites for hydroxylation is 1. The van der Waals surface area contributed by atoms with Gasteiger partial charge in [-0.3, -0.25) is 9.48 Å². The quantitative estimate of drug-likeness (QED) is 0.867. The summed E-state index contributed by atoms with van der Waals surface area (Å²) >= 11 is 6.12. The molecular weight excluding hydrogens is 302 g/mol. The third kappa shape index (κ3) is 3.06. The molecule has 0 aliphatic rings. The number of hydrogen-bond donors (Lipinski definition) is 0. The van der Waals surface area contributed by atoms with Crippen LogP contribution in [0, 0.1) is 13.8 Å². The highest BCUT2D eigenvalue weighted by Crippen LogP contribution is 2.25. The van der Waals surface area contributed by atoms with E-state index in [1.165, 1.54) is 0 Å². The molecule has 7 heteroatoms. The van der Waals surface area contributed by atoms with Crippen LogP contribution in [0.3, 0.4) is 0 Å². The van der Waals surface area contributed by atoms with E-state index in [1.54, 1.807) is 22.8 Å². The Labute approximate surface area is 135 Å². The van der Waals surface area contributed by atoms with Gasteiger partial charge < -0.3 is 9.80 Å². The molecule has 0 radical (unpaired) electrons. The Morgan fingerprint density at radius 1 is 1.32 bits per heavy atom. The second-order valence-corrected chi connectivity index (χ2v) is 5.71. The number of anilines is 2. The van der Waals surface area contributed by atoms with Crippen LogP contribution in [0.4, 0.5) is 11.5 Å². The fourth-order valence-corrected chi connectivity index (χ4v) is 2.33. The average molecular weight is 322 g/mol. The Kier molecular flexibility index (Phi) is 4.71. The number of nitrogens with zero attached hydrogens (tertiary/aromatic N) is 5. The summed E-state index contributed by atoms with van der Waals surface area (Å²) < 4.78 is 1.63. The van der Waals surface area contributed by atoms with Gasteiger partial charge in [0.2, 0.25) is 5.91 Å². The van der Waals surface area contributed by atoms with Crippen LogP contribution < -0.4 is 9.80 Å². The molecular formula is C15H20ClN5O. The van der Waals surface area contributed by atoms with E-state index in [9.17, 15) is 4.79 Å². The number of hydrogen-bond acceptors (Lipinski definition) is 4. The summed E-state index contributed by atoms with van der Waals surface area (Å²) in [6.07, 6.45) is 1.71. The summed E-state index contributed by atoms with van der Waals surface area (Å²) in [5.74, 6) is 0.656. The van der Waals surface area contributed by atoms with Crippen LogP contribution in [0.5, 0.6) is 0 Å². The van der Waals surface area contributed by atoms with Crippen LogP contribution in [-0.4, -0.2) is 41.8 Å². The third-order valence-corrected chi connectivity index (χ3v) is 4.05. The number of amides is 1. The van der Waals surface area contributed by atoms with Crippen molar-refractivity contribution in [3.05, 3.63) is 34.7 Å². The molecule has 0 saturated carbocycles. The molecule has 0 atom stereocenters. The Bertz CT molecular complexity index is 695. The normalized spacial score (nSPS) is 10.6. The highest BCUT2D eigenvalue weighted by atomic mass is 35.5. The summed E-state index contributed by atoms with van der Waals surface area (Å²) in [4.78, 5) is 20.3. The lowest BCUT2D eigenvalue weighted by molar-refractivity contribution is -0.119. The van der Waals surface area contributed by atoms with E-state index in [2.05, 4.69) is 10.1 Å². The monoisotopic (exact) mass is 321 g/mol. The van der Waals surface area contributed by atoms with Gasteiger partial charge in [0, 0.05) is 27.3 Å². The number of pyridine rings is 1. The Morgan fingerprint density at radius 3 is 2.55 bits per heavy atom. The Morgan fingerprint density at radius 2 is 2.00 bits per heavy atom. The van der Waals surface area contributed by atoms with Crippen molar-refractivity contribution in [2.75, 3.05) is 30.9 Å². The lowest BCUT2D eigenvalue weighted by Gasteiger charge is -2.23. The minimum absolute atomic E-state index is 0.0848. The molecule has 2 aromatic rings. The molecule has 118 valence electrons. The van der Waals surface area contributed by atoms with Crippen molar-refractivity contribution < 1.29 is 4.79 Å². The fraction of sp³-hybridized carbons (Fsp3) is 0.400. The Balaban J connectivity index is 2.25. The molecule has 0 aliphatic carbocycles. The van der Waals surface area contributed by atoms with E-state index in [0.717, 1.165) is 22.9 Å². The number of likely N-dealkylation sites (N-methyl/N-ethyl adjacent to an activating group) is 1. The van der Waals surface area contributed by atoms with Crippen LogP contribution in [0.2, 0.25) is 5.02 Å². The molecule has 0 aromatic carbocycles. The van der Waals surface area contributed by atoms with Gasteiger partial charge in [0.1, 0.15) is 6.54 Å². The standard InChI is InChI=1S/C15H20ClN5O/c1-10-14(16)11(2)21(18-10)9-13(22)20(5)12-7-6-8-17-15(12)19(3)4/h6-8H,9H2,1-5H3. The van der Waals surface area contributed by atoms with Crippen LogP contribution in [0.15, 0.2) is 18.3 Å². The number of rotatable bonds is 4. The zero-order valence-corrected chi connectivity index (χ0v) is 14.2. The minimum Gasteiger partial charge on any atom is -0.361 e. The lowest BCUT2D eigenvalue weighted by Crippen LogP contribution is -2.32. The predicted octanol–water partition coefficient (Wildman–Crippen LogP) is 2.28. The Hall–Kier alpha value is -2.08. The average Bonchev–Trinajstić information content (AvgIpc) is 2.73. The molecule has 0 spiro atoms. The van der Waals surface area contributed by atoms with Gasteiger partial charge in [0.25, 0.3) is 0 Å². The van der Waals surface area contributed by atoms with Crippen LogP contribution in [-0.2, 0) is 11.3 Å². The van der Waals surface area contributed by atoms with Gasteiger partial charge >= 0.3 is 0 Å². The smallest absolute Gasteiger partial charge is 0.248 e. The van der Waals surface area contributed by atoms with E-state index < -0.39 is 0 Å². The second kappa shape index (κ2) is 6.36. The third-order valence-electron chi connectivity index (χ3n) is 3.50.